The molecule has 8 heteroatoms. The summed E-state index contributed by atoms with van der Waals surface area (Å²) >= 11 is 0. The largest absolute Gasteiger partial charge is 0.494 e. The van der Waals surface area contributed by atoms with Gasteiger partial charge in [-0.05, 0) is 50.3 Å². The van der Waals surface area contributed by atoms with Crippen molar-refractivity contribution in [2.45, 2.75) is 19.4 Å². The second kappa shape index (κ2) is 16.6. The highest BCUT2D eigenvalue weighted by atomic mass is 127. The number of nitrogens with one attached hydrogen (secondary N) is 2. The van der Waals surface area contributed by atoms with Crippen LogP contribution in [-0.4, -0.2) is 65.5 Å². The maximum atomic E-state index is 5.79. The van der Waals surface area contributed by atoms with Gasteiger partial charge in [-0.15, -0.1) is 24.0 Å². The van der Waals surface area contributed by atoms with Crippen LogP contribution in [0.4, 0.5) is 5.69 Å². The number of hydrogen-bond acceptors (Lipinski definition) is 5. The molecule has 2 aromatic rings. The summed E-state index contributed by atoms with van der Waals surface area (Å²) in [6.45, 7) is 3.73. The van der Waals surface area contributed by atoms with E-state index in [1.807, 2.05) is 36.4 Å². The van der Waals surface area contributed by atoms with Crippen LogP contribution in [0.3, 0.4) is 0 Å². The molecule has 0 heterocycles. The second-order valence-corrected chi connectivity index (χ2v) is 7.42. The Labute approximate surface area is 209 Å². The van der Waals surface area contributed by atoms with Crippen LogP contribution in [0.15, 0.2) is 53.5 Å². The molecule has 0 aromatic heterocycles. The van der Waals surface area contributed by atoms with E-state index in [0.717, 1.165) is 48.7 Å². The molecule has 0 fully saturated rings. The van der Waals surface area contributed by atoms with Crippen LogP contribution in [0, 0.1) is 0 Å². The van der Waals surface area contributed by atoms with Gasteiger partial charge in [0.05, 0.1) is 13.2 Å². The van der Waals surface area contributed by atoms with Gasteiger partial charge in [0.1, 0.15) is 11.5 Å². The monoisotopic (exact) mass is 556 g/mol. The van der Waals surface area contributed by atoms with Gasteiger partial charge in [-0.2, -0.15) is 0 Å². The van der Waals surface area contributed by atoms with E-state index in [9.17, 15) is 0 Å². The van der Waals surface area contributed by atoms with Crippen LogP contribution < -0.4 is 20.1 Å². The van der Waals surface area contributed by atoms with Crippen LogP contribution >= 0.6 is 24.0 Å². The standard InChI is InChI=1S/C24H36N4O3.HI/c1-25-24(27-21-8-5-9-23(18-21)31-17-7-15-29-4)26-19-20-10-12-22(13-11-20)30-16-6-14-28(2)3;/h5,8-13,18H,6-7,14-17,19H2,1-4H3,(H2,25,26,27);1H. The Morgan fingerprint density at radius 1 is 0.938 bits per heavy atom. The lowest BCUT2D eigenvalue weighted by atomic mass is 10.2. The molecule has 178 valence electrons. The molecule has 0 unspecified atom stereocenters. The van der Waals surface area contributed by atoms with Gasteiger partial charge in [0.25, 0.3) is 0 Å². The zero-order valence-corrected chi connectivity index (χ0v) is 21.9. The number of nitrogens with zero attached hydrogens (tertiary/aromatic N) is 2. The van der Waals surface area contributed by atoms with Gasteiger partial charge >= 0.3 is 0 Å². The quantitative estimate of drug-likeness (QED) is 0.167. The molecule has 2 aromatic carbocycles. The number of halogens is 1. The smallest absolute Gasteiger partial charge is 0.195 e. The minimum absolute atomic E-state index is 0. The molecule has 32 heavy (non-hydrogen) atoms. The summed E-state index contributed by atoms with van der Waals surface area (Å²) in [5, 5.41) is 6.63. The van der Waals surface area contributed by atoms with E-state index < -0.39 is 0 Å². The van der Waals surface area contributed by atoms with Crippen LogP contribution in [0.25, 0.3) is 0 Å². The van der Waals surface area contributed by atoms with E-state index in [1.54, 1.807) is 14.2 Å². The third-order valence-electron chi connectivity index (χ3n) is 4.48. The van der Waals surface area contributed by atoms with Crippen molar-refractivity contribution in [1.29, 1.82) is 0 Å². The first-order valence-corrected chi connectivity index (χ1v) is 10.7. The first-order valence-electron chi connectivity index (χ1n) is 10.7. The molecule has 0 aliphatic heterocycles. The lowest BCUT2D eigenvalue weighted by molar-refractivity contribution is 0.172. The molecule has 0 aliphatic carbocycles. The van der Waals surface area contributed by atoms with Gasteiger partial charge in [-0.3, -0.25) is 4.99 Å². The van der Waals surface area contributed by atoms with Gasteiger partial charge < -0.3 is 29.7 Å². The summed E-state index contributed by atoms with van der Waals surface area (Å²) in [6, 6.07) is 16.0. The molecule has 0 amide bonds. The minimum Gasteiger partial charge on any atom is -0.494 e. The summed E-state index contributed by atoms with van der Waals surface area (Å²) < 4.78 is 16.6. The van der Waals surface area contributed by atoms with Crippen molar-refractivity contribution in [1.82, 2.24) is 10.2 Å². The van der Waals surface area contributed by atoms with Gasteiger partial charge in [-0.25, -0.2) is 0 Å². The third kappa shape index (κ3) is 11.5. The molecule has 0 radical (unpaired) electrons. The van der Waals surface area contributed by atoms with Crippen LogP contribution in [-0.2, 0) is 11.3 Å². The SMILES string of the molecule is CN=C(NCc1ccc(OCCCN(C)C)cc1)Nc1cccc(OCCCOC)c1.I. The second-order valence-electron chi connectivity index (χ2n) is 7.42. The normalized spacial score (nSPS) is 11.1. The number of guanidine groups is 1. The molecular formula is C24H37IN4O3. The number of aliphatic imine (C=N–C) groups is 1. The van der Waals surface area contributed by atoms with E-state index in [4.69, 9.17) is 14.2 Å². The molecule has 0 atom stereocenters. The van der Waals surface area contributed by atoms with Crippen molar-refractivity contribution in [3.05, 3.63) is 54.1 Å². The first kappa shape index (κ1) is 28.0. The van der Waals surface area contributed by atoms with Crippen molar-refractivity contribution in [2.24, 2.45) is 4.99 Å². The van der Waals surface area contributed by atoms with Crippen LogP contribution in [0.5, 0.6) is 11.5 Å². The minimum atomic E-state index is 0. The number of ether oxygens (including phenoxy) is 3. The van der Waals surface area contributed by atoms with E-state index in [-0.39, 0.29) is 24.0 Å². The Balaban J connectivity index is 0.00000512. The zero-order chi connectivity index (χ0) is 22.3. The van der Waals surface area contributed by atoms with Gasteiger partial charge in [-0.1, -0.05) is 18.2 Å². The average molecular weight is 556 g/mol. The Morgan fingerprint density at radius 3 is 2.34 bits per heavy atom. The third-order valence-corrected chi connectivity index (χ3v) is 4.48. The Bertz CT molecular complexity index is 785. The molecule has 2 N–H and O–H groups in total. The van der Waals surface area contributed by atoms with Crippen molar-refractivity contribution in [3.63, 3.8) is 0 Å². The van der Waals surface area contributed by atoms with Crippen molar-refractivity contribution in [3.8, 4) is 11.5 Å². The zero-order valence-electron chi connectivity index (χ0n) is 19.6. The molecular weight excluding hydrogens is 519 g/mol. The highest BCUT2D eigenvalue weighted by Crippen LogP contribution is 2.18. The highest BCUT2D eigenvalue weighted by molar-refractivity contribution is 14.0. The first-order chi connectivity index (χ1) is 15.1. The Morgan fingerprint density at radius 2 is 1.66 bits per heavy atom. The predicted molar refractivity (Wildman–Crippen MR) is 143 cm³/mol. The Kier molecular flexibility index (Phi) is 14.5. The number of anilines is 1. The molecule has 2 rings (SSSR count). The Hall–Kier alpha value is -2.04. The lowest BCUT2D eigenvalue weighted by Crippen LogP contribution is -2.30. The number of rotatable bonds is 13. The fraction of sp³-hybridized carbons (Fsp3) is 0.458. The van der Waals surface area contributed by atoms with Crippen molar-refractivity contribution < 1.29 is 14.2 Å². The molecule has 0 bridgehead atoms. The fourth-order valence-electron chi connectivity index (χ4n) is 2.83. The van der Waals surface area contributed by atoms with Crippen molar-refractivity contribution >= 4 is 35.6 Å². The van der Waals surface area contributed by atoms with Crippen LogP contribution in [0.2, 0.25) is 0 Å². The molecule has 0 saturated carbocycles. The topological polar surface area (TPSA) is 67.4 Å². The van der Waals surface area contributed by atoms with Gasteiger partial charge in [0, 0.05) is 52.0 Å². The number of hydrogen-bond donors (Lipinski definition) is 2. The molecule has 7 nitrogen and oxygen atoms in total. The van der Waals surface area contributed by atoms with E-state index in [0.29, 0.717) is 25.7 Å². The summed E-state index contributed by atoms with van der Waals surface area (Å²) in [7, 11) is 7.59. The van der Waals surface area contributed by atoms with E-state index in [1.165, 1.54) is 0 Å². The molecule has 0 saturated heterocycles. The highest BCUT2D eigenvalue weighted by Gasteiger charge is 2.03. The van der Waals surface area contributed by atoms with E-state index >= 15 is 0 Å². The van der Waals surface area contributed by atoms with E-state index in [2.05, 4.69) is 46.8 Å². The summed E-state index contributed by atoms with van der Waals surface area (Å²) in [4.78, 5) is 6.46. The van der Waals surface area contributed by atoms with Gasteiger partial charge in [0.15, 0.2) is 5.96 Å². The van der Waals surface area contributed by atoms with Crippen LogP contribution in [0.1, 0.15) is 18.4 Å². The average Bonchev–Trinajstić information content (AvgIpc) is 2.78. The molecule has 0 aliphatic rings. The van der Waals surface area contributed by atoms with Crippen molar-refractivity contribution in [2.75, 3.05) is 59.9 Å². The summed E-state index contributed by atoms with van der Waals surface area (Å²) in [5.41, 5.74) is 2.07. The number of benzene rings is 2. The maximum Gasteiger partial charge on any atom is 0.195 e. The fourth-order valence-corrected chi connectivity index (χ4v) is 2.83. The predicted octanol–water partition coefficient (Wildman–Crippen LogP) is 4.24. The summed E-state index contributed by atoms with van der Waals surface area (Å²) in [6.07, 6.45) is 1.87. The molecule has 0 spiro atoms. The maximum absolute atomic E-state index is 5.79. The summed E-state index contributed by atoms with van der Waals surface area (Å²) in [5.74, 6) is 2.41. The number of methoxy groups -OCH3 is 1. The lowest BCUT2D eigenvalue weighted by Gasteiger charge is -2.14. The van der Waals surface area contributed by atoms with Gasteiger partial charge in [0.2, 0.25) is 0 Å².